The van der Waals surface area contributed by atoms with Crippen molar-refractivity contribution < 1.29 is 9.47 Å². The van der Waals surface area contributed by atoms with Gasteiger partial charge in [-0.2, -0.15) is 0 Å². The highest BCUT2D eigenvalue weighted by atomic mass is 16.7. The van der Waals surface area contributed by atoms with Crippen molar-refractivity contribution in [1.29, 1.82) is 0 Å². The highest BCUT2D eigenvalue weighted by molar-refractivity contribution is 5.54. The minimum atomic E-state index is -0.478. The average Bonchev–Trinajstić information content (AvgIpc) is 2.37. The number of hydrogen-bond acceptors (Lipinski definition) is 4. The van der Waals surface area contributed by atoms with E-state index in [-0.39, 0.29) is 0 Å². The van der Waals surface area contributed by atoms with Crippen molar-refractivity contribution in [1.82, 2.24) is 0 Å². The number of anilines is 2. The minimum absolute atomic E-state index is 0.478. The molecule has 0 heterocycles. The topological polar surface area (TPSA) is 70.5 Å². The summed E-state index contributed by atoms with van der Waals surface area (Å²) in [6.45, 7) is 3.78. The van der Waals surface area contributed by atoms with E-state index in [0.717, 1.165) is 5.56 Å². The molecule has 2 rings (SSSR count). The Bertz CT molecular complexity index is 570. The van der Waals surface area contributed by atoms with Gasteiger partial charge in [-0.25, -0.2) is 0 Å². The Morgan fingerprint density at radius 2 is 1.53 bits per heavy atom. The number of benzene rings is 2. The second-order valence-electron chi connectivity index (χ2n) is 4.38. The number of nitrogen functional groups attached to an aromatic ring is 2. The van der Waals surface area contributed by atoms with Gasteiger partial charge in [0.1, 0.15) is 11.5 Å². The van der Waals surface area contributed by atoms with Crippen molar-refractivity contribution in [2.45, 2.75) is 20.1 Å². The van der Waals surface area contributed by atoms with Crippen LogP contribution in [0.4, 0.5) is 11.4 Å². The summed E-state index contributed by atoms with van der Waals surface area (Å²) < 4.78 is 11.3. The fraction of sp³-hybridized carbons (Fsp3) is 0.200. The summed E-state index contributed by atoms with van der Waals surface area (Å²) in [7, 11) is 0. The van der Waals surface area contributed by atoms with Crippen molar-refractivity contribution in [2.75, 3.05) is 11.5 Å². The van der Waals surface area contributed by atoms with Crippen LogP contribution in [0.1, 0.15) is 12.5 Å². The summed E-state index contributed by atoms with van der Waals surface area (Å²) in [5, 5.41) is 0. The maximum Gasteiger partial charge on any atom is 0.238 e. The molecule has 1 unspecified atom stereocenters. The van der Waals surface area contributed by atoms with Gasteiger partial charge in [-0.15, -0.1) is 0 Å². The fourth-order valence-corrected chi connectivity index (χ4v) is 1.71. The molecule has 0 aliphatic heterocycles. The second kappa shape index (κ2) is 5.52. The molecule has 2 aromatic rings. The molecular weight excluding hydrogens is 240 g/mol. The van der Waals surface area contributed by atoms with Gasteiger partial charge >= 0.3 is 0 Å². The van der Waals surface area contributed by atoms with Crippen molar-refractivity contribution in [3.8, 4) is 11.5 Å². The summed E-state index contributed by atoms with van der Waals surface area (Å²) >= 11 is 0. The van der Waals surface area contributed by atoms with Crippen LogP contribution in [0.25, 0.3) is 0 Å². The lowest BCUT2D eigenvalue weighted by Crippen LogP contribution is -2.20. The Morgan fingerprint density at radius 3 is 2.26 bits per heavy atom. The first-order valence-corrected chi connectivity index (χ1v) is 6.10. The van der Waals surface area contributed by atoms with E-state index in [9.17, 15) is 0 Å². The predicted molar refractivity (Wildman–Crippen MR) is 77.2 cm³/mol. The zero-order valence-corrected chi connectivity index (χ0v) is 11.1. The molecule has 0 amide bonds. The summed E-state index contributed by atoms with van der Waals surface area (Å²) in [4.78, 5) is 0. The molecule has 0 bridgehead atoms. The van der Waals surface area contributed by atoms with Gasteiger partial charge in [-0.1, -0.05) is 18.2 Å². The number of nitrogens with two attached hydrogens (primary N) is 2. The van der Waals surface area contributed by atoms with Crippen molar-refractivity contribution in [3.63, 3.8) is 0 Å². The van der Waals surface area contributed by atoms with Gasteiger partial charge in [0.15, 0.2) is 0 Å². The van der Waals surface area contributed by atoms with Crippen LogP contribution < -0.4 is 20.9 Å². The third-order valence-electron chi connectivity index (χ3n) is 2.67. The molecule has 0 saturated carbocycles. The Hall–Kier alpha value is -2.36. The quantitative estimate of drug-likeness (QED) is 0.653. The van der Waals surface area contributed by atoms with Crippen LogP contribution in [0.5, 0.6) is 11.5 Å². The normalized spacial score (nSPS) is 11.9. The van der Waals surface area contributed by atoms with Gasteiger partial charge in [-0.05, 0) is 36.8 Å². The molecule has 0 aliphatic rings. The first-order valence-electron chi connectivity index (χ1n) is 6.10. The molecule has 1 atom stereocenters. The Morgan fingerprint density at radius 1 is 0.895 bits per heavy atom. The van der Waals surface area contributed by atoms with Gasteiger partial charge in [0.2, 0.25) is 6.29 Å². The van der Waals surface area contributed by atoms with Crippen LogP contribution in [0.15, 0.2) is 42.5 Å². The van der Waals surface area contributed by atoms with Crippen LogP contribution in [-0.2, 0) is 0 Å². The van der Waals surface area contributed by atoms with Gasteiger partial charge in [-0.3, -0.25) is 0 Å². The van der Waals surface area contributed by atoms with E-state index in [1.165, 1.54) is 0 Å². The lowest BCUT2D eigenvalue weighted by molar-refractivity contribution is 0.0235. The predicted octanol–water partition coefficient (Wildman–Crippen LogP) is 2.96. The lowest BCUT2D eigenvalue weighted by Gasteiger charge is -2.18. The van der Waals surface area contributed by atoms with Crippen LogP contribution in [0, 0.1) is 6.92 Å². The lowest BCUT2D eigenvalue weighted by atomic mass is 10.2. The summed E-state index contributed by atoms with van der Waals surface area (Å²) in [6.07, 6.45) is -0.478. The monoisotopic (exact) mass is 258 g/mol. The minimum Gasteiger partial charge on any atom is -0.453 e. The standard InChI is InChI=1S/C15H18N2O2/c1-10-7-8-13(17)15(9-10)19-11(2)18-14-6-4-3-5-12(14)16/h3-9,11H,16-17H2,1-2H3. The zero-order chi connectivity index (χ0) is 13.8. The second-order valence-corrected chi connectivity index (χ2v) is 4.38. The van der Waals surface area contributed by atoms with E-state index < -0.39 is 6.29 Å². The van der Waals surface area contributed by atoms with E-state index in [1.54, 1.807) is 19.1 Å². The molecule has 2 aromatic carbocycles. The Kier molecular flexibility index (Phi) is 3.80. The smallest absolute Gasteiger partial charge is 0.238 e. The maximum atomic E-state index is 5.86. The number of ether oxygens (including phenoxy) is 2. The largest absolute Gasteiger partial charge is 0.453 e. The van der Waals surface area contributed by atoms with E-state index >= 15 is 0 Å². The Balaban J connectivity index is 2.07. The van der Waals surface area contributed by atoms with Crippen molar-refractivity contribution >= 4 is 11.4 Å². The van der Waals surface area contributed by atoms with Crippen LogP contribution in [0.3, 0.4) is 0 Å². The molecule has 4 N–H and O–H groups in total. The van der Waals surface area contributed by atoms with Crippen molar-refractivity contribution in [3.05, 3.63) is 48.0 Å². The number of para-hydroxylation sites is 2. The molecule has 100 valence electrons. The van der Waals surface area contributed by atoms with Crippen LogP contribution in [0.2, 0.25) is 0 Å². The third-order valence-corrected chi connectivity index (χ3v) is 2.67. The molecule has 0 spiro atoms. The SMILES string of the molecule is Cc1ccc(N)c(OC(C)Oc2ccccc2N)c1. The maximum absolute atomic E-state index is 5.86. The number of hydrogen-bond donors (Lipinski definition) is 2. The average molecular weight is 258 g/mol. The first kappa shape index (κ1) is 13.1. The first-order chi connectivity index (χ1) is 9.06. The van der Waals surface area contributed by atoms with E-state index in [0.29, 0.717) is 22.9 Å². The Labute approximate surface area is 112 Å². The van der Waals surface area contributed by atoms with Crippen LogP contribution >= 0.6 is 0 Å². The highest BCUT2D eigenvalue weighted by Gasteiger charge is 2.10. The van der Waals surface area contributed by atoms with E-state index in [2.05, 4.69) is 0 Å². The number of rotatable bonds is 4. The summed E-state index contributed by atoms with van der Waals surface area (Å²) in [5.74, 6) is 1.21. The van der Waals surface area contributed by atoms with Crippen molar-refractivity contribution in [2.24, 2.45) is 0 Å². The molecular formula is C15H18N2O2. The van der Waals surface area contributed by atoms with Gasteiger partial charge in [0.25, 0.3) is 0 Å². The van der Waals surface area contributed by atoms with Gasteiger partial charge < -0.3 is 20.9 Å². The molecule has 4 heteroatoms. The van der Waals surface area contributed by atoms with Crippen LogP contribution in [-0.4, -0.2) is 6.29 Å². The van der Waals surface area contributed by atoms with E-state index in [1.807, 2.05) is 37.3 Å². The molecule has 0 fully saturated rings. The summed E-state index contributed by atoms with van der Waals surface area (Å²) in [5.41, 5.74) is 13.9. The number of aryl methyl sites for hydroxylation is 1. The summed E-state index contributed by atoms with van der Waals surface area (Å²) in [6, 6.07) is 12.9. The van der Waals surface area contributed by atoms with E-state index in [4.69, 9.17) is 20.9 Å². The molecule has 0 saturated heterocycles. The third kappa shape index (κ3) is 3.31. The molecule has 4 nitrogen and oxygen atoms in total. The molecule has 0 aromatic heterocycles. The highest BCUT2D eigenvalue weighted by Crippen LogP contribution is 2.26. The fourth-order valence-electron chi connectivity index (χ4n) is 1.71. The van der Waals surface area contributed by atoms with Gasteiger partial charge in [0, 0.05) is 6.92 Å². The zero-order valence-electron chi connectivity index (χ0n) is 11.1. The molecule has 0 radical (unpaired) electrons. The molecule has 19 heavy (non-hydrogen) atoms. The molecule has 0 aliphatic carbocycles. The van der Waals surface area contributed by atoms with Gasteiger partial charge in [0.05, 0.1) is 11.4 Å².